The van der Waals surface area contributed by atoms with E-state index in [1.54, 1.807) is 10.6 Å². The Morgan fingerprint density at radius 3 is 2.27 bits per heavy atom. The van der Waals surface area contributed by atoms with Gasteiger partial charge in [0.05, 0.1) is 27.1 Å². The number of aromatic amines is 1. The zero-order valence-electron chi connectivity index (χ0n) is 17.3. The maximum absolute atomic E-state index is 13.1. The van der Waals surface area contributed by atoms with Crippen LogP contribution in [0.4, 0.5) is 0 Å². The van der Waals surface area contributed by atoms with Gasteiger partial charge in [-0.3, -0.25) is 14.2 Å². The van der Waals surface area contributed by atoms with Gasteiger partial charge in [0, 0.05) is 6.54 Å². The molecule has 154 valence electrons. The number of hydrogen-bond donors (Lipinski definition) is 1. The Morgan fingerprint density at radius 1 is 0.933 bits per heavy atom. The third-order valence-corrected chi connectivity index (χ3v) is 6.15. The van der Waals surface area contributed by atoms with Gasteiger partial charge < -0.3 is 4.98 Å². The van der Waals surface area contributed by atoms with Crippen molar-refractivity contribution in [3.63, 3.8) is 0 Å². The molecule has 0 saturated carbocycles. The third-order valence-electron chi connectivity index (χ3n) is 5.06. The van der Waals surface area contributed by atoms with Crippen LogP contribution in [-0.4, -0.2) is 19.5 Å². The Kier molecular flexibility index (Phi) is 5.72. The Hall–Kier alpha value is -2.93. The molecule has 0 saturated heterocycles. The standard InChI is InChI=1S/C23H24N4O2S/c1-14(2)12-13-27-22(29)17-9-5-7-11-19(17)25-23(27)30-15(3)20-24-18-10-6-4-8-16(18)21(28)26-20/h4-11,14-15H,12-13H2,1-3H3,(H,24,26,28)/t15-/m0/s1. The minimum absolute atomic E-state index is 0.0316. The fourth-order valence-electron chi connectivity index (χ4n) is 3.33. The number of thioether (sulfide) groups is 1. The van der Waals surface area contributed by atoms with E-state index in [0.717, 1.165) is 6.42 Å². The van der Waals surface area contributed by atoms with Crippen LogP contribution in [0.25, 0.3) is 21.8 Å². The number of nitrogens with one attached hydrogen (secondary N) is 1. The summed E-state index contributed by atoms with van der Waals surface area (Å²) in [5, 5.41) is 1.65. The summed E-state index contributed by atoms with van der Waals surface area (Å²) in [4.78, 5) is 37.9. The van der Waals surface area contributed by atoms with Crippen molar-refractivity contribution in [1.82, 2.24) is 19.5 Å². The highest BCUT2D eigenvalue weighted by atomic mass is 32.2. The molecular weight excluding hydrogens is 396 g/mol. The summed E-state index contributed by atoms with van der Waals surface area (Å²) in [6.45, 7) is 6.84. The number of aromatic nitrogens is 4. The lowest BCUT2D eigenvalue weighted by molar-refractivity contribution is 0.480. The van der Waals surface area contributed by atoms with E-state index < -0.39 is 0 Å². The number of hydrogen-bond acceptors (Lipinski definition) is 5. The smallest absolute Gasteiger partial charge is 0.262 e. The Bertz CT molecular complexity index is 1330. The van der Waals surface area contributed by atoms with Crippen LogP contribution in [0.2, 0.25) is 0 Å². The molecule has 0 amide bonds. The molecule has 2 aromatic heterocycles. The van der Waals surface area contributed by atoms with Gasteiger partial charge in [-0.1, -0.05) is 49.9 Å². The van der Waals surface area contributed by atoms with Crippen LogP contribution in [0.1, 0.15) is 38.3 Å². The highest BCUT2D eigenvalue weighted by Crippen LogP contribution is 2.32. The molecular formula is C23H24N4O2S. The summed E-state index contributed by atoms with van der Waals surface area (Å²) in [5.41, 5.74) is 1.15. The summed E-state index contributed by atoms with van der Waals surface area (Å²) in [6.07, 6.45) is 0.882. The molecule has 0 aliphatic heterocycles. The van der Waals surface area contributed by atoms with Crippen molar-refractivity contribution in [3.8, 4) is 0 Å². The minimum Gasteiger partial charge on any atom is -0.309 e. The number of rotatable bonds is 6. The van der Waals surface area contributed by atoms with Gasteiger partial charge in [0.15, 0.2) is 5.16 Å². The molecule has 6 nitrogen and oxygen atoms in total. The maximum Gasteiger partial charge on any atom is 0.262 e. The molecule has 4 rings (SSSR count). The largest absolute Gasteiger partial charge is 0.309 e. The normalized spacial score (nSPS) is 12.7. The lowest BCUT2D eigenvalue weighted by Gasteiger charge is -2.17. The van der Waals surface area contributed by atoms with Crippen LogP contribution in [0.15, 0.2) is 63.3 Å². The lowest BCUT2D eigenvalue weighted by atomic mass is 10.1. The fourth-order valence-corrected chi connectivity index (χ4v) is 4.33. The van der Waals surface area contributed by atoms with E-state index in [1.165, 1.54) is 11.8 Å². The van der Waals surface area contributed by atoms with E-state index in [4.69, 9.17) is 4.98 Å². The molecule has 2 heterocycles. The maximum atomic E-state index is 13.1. The average molecular weight is 421 g/mol. The van der Waals surface area contributed by atoms with Gasteiger partial charge >= 0.3 is 0 Å². The summed E-state index contributed by atoms with van der Waals surface area (Å²) >= 11 is 1.44. The van der Waals surface area contributed by atoms with Crippen molar-refractivity contribution in [1.29, 1.82) is 0 Å². The molecule has 0 fully saturated rings. The predicted molar refractivity (Wildman–Crippen MR) is 122 cm³/mol. The van der Waals surface area contributed by atoms with E-state index in [9.17, 15) is 9.59 Å². The number of fused-ring (bicyclic) bond motifs is 2. The first-order valence-electron chi connectivity index (χ1n) is 10.1. The summed E-state index contributed by atoms with van der Waals surface area (Å²) in [5.74, 6) is 1.04. The van der Waals surface area contributed by atoms with E-state index in [1.807, 2.05) is 49.4 Å². The van der Waals surface area contributed by atoms with Gasteiger partial charge in [-0.05, 0) is 43.5 Å². The SMILES string of the molecule is CC(C)CCn1c(S[C@@H](C)c2nc3ccccc3c(=O)[nH]2)nc2ccccc2c1=O. The molecule has 2 aromatic carbocycles. The third kappa shape index (κ3) is 4.03. The van der Waals surface area contributed by atoms with Crippen molar-refractivity contribution in [2.75, 3.05) is 0 Å². The van der Waals surface area contributed by atoms with Crippen LogP contribution in [0, 0.1) is 5.92 Å². The topological polar surface area (TPSA) is 80.6 Å². The van der Waals surface area contributed by atoms with E-state index in [-0.39, 0.29) is 16.4 Å². The second-order valence-electron chi connectivity index (χ2n) is 7.78. The quantitative estimate of drug-likeness (QED) is 0.366. The molecule has 7 heteroatoms. The molecule has 0 aliphatic rings. The van der Waals surface area contributed by atoms with E-state index in [2.05, 4.69) is 23.8 Å². The highest BCUT2D eigenvalue weighted by molar-refractivity contribution is 7.99. The number of nitrogens with zero attached hydrogens (tertiary/aromatic N) is 3. The lowest BCUT2D eigenvalue weighted by Crippen LogP contribution is -2.24. The Balaban J connectivity index is 1.76. The zero-order valence-corrected chi connectivity index (χ0v) is 18.1. The number of benzene rings is 2. The minimum atomic E-state index is -0.180. The van der Waals surface area contributed by atoms with Crippen LogP contribution in [0.5, 0.6) is 0 Å². The van der Waals surface area contributed by atoms with Gasteiger partial charge in [0.25, 0.3) is 11.1 Å². The molecule has 0 bridgehead atoms. The van der Waals surface area contributed by atoms with Gasteiger partial charge in [-0.15, -0.1) is 0 Å². The Morgan fingerprint density at radius 2 is 1.57 bits per heavy atom. The number of H-pyrrole nitrogens is 1. The molecule has 0 spiro atoms. The van der Waals surface area contributed by atoms with E-state index >= 15 is 0 Å². The molecule has 1 atom stereocenters. The molecule has 1 N–H and O–H groups in total. The zero-order chi connectivity index (χ0) is 21.3. The first-order valence-corrected chi connectivity index (χ1v) is 11.0. The van der Waals surface area contributed by atoms with Crippen molar-refractivity contribution < 1.29 is 0 Å². The van der Waals surface area contributed by atoms with Crippen molar-refractivity contribution in [3.05, 3.63) is 75.1 Å². The molecule has 0 aliphatic carbocycles. The van der Waals surface area contributed by atoms with Crippen LogP contribution in [0.3, 0.4) is 0 Å². The number of para-hydroxylation sites is 2. The van der Waals surface area contributed by atoms with E-state index in [0.29, 0.717) is 45.2 Å². The first kappa shape index (κ1) is 20.3. The van der Waals surface area contributed by atoms with Crippen LogP contribution >= 0.6 is 11.8 Å². The predicted octanol–water partition coefficient (Wildman–Crippen LogP) is 4.53. The monoisotopic (exact) mass is 420 g/mol. The second-order valence-corrected chi connectivity index (χ2v) is 9.09. The van der Waals surface area contributed by atoms with Gasteiger partial charge in [0.2, 0.25) is 0 Å². The van der Waals surface area contributed by atoms with Gasteiger partial charge in [-0.2, -0.15) is 0 Å². The molecule has 30 heavy (non-hydrogen) atoms. The second kappa shape index (κ2) is 8.44. The molecule has 0 unspecified atom stereocenters. The Labute approximate surface area is 178 Å². The van der Waals surface area contributed by atoms with Gasteiger partial charge in [-0.25, -0.2) is 9.97 Å². The molecule has 0 radical (unpaired) electrons. The van der Waals surface area contributed by atoms with Crippen LogP contribution < -0.4 is 11.1 Å². The summed E-state index contributed by atoms with van der Waals surface area (Å²) in [6, 6.07) is 14.7. The molecule has 4 aromatic rings. The van der Waals surface area contributed by atoms with Crippen molar-refractivity contribution in [2.45, 2.75) is 44.1 Å². The fraction of sp³-hybridized carbons (Fsp3) is 0.304. The van der Waals surface area contributed by atoms with Crippen molar-refractivity contribution in [2.24, 2.45) is 5.92 Å². The van der Waals surface area contributed by atoms with Gasteiger partial charge in [0.1, 0.15) is 5.82 Å². The summed E-state index contributed by atoms with van der Waals surface area (Å²) < 4.78 is 1.75. The highest BCUT2D eigenvalue weighted by Gasteiger charge is 2.18. The summed E-state index contributed by atoms with van der Waals surface area (Å²) in [7, 11) is 0. The van der Waals surface area contributed by atoms with Crippen LogP contribution in [-0.2, 0) is 6.54 Å². The van der Waals surface area contributed by atoms with Crippen molar-refractivity contribution >= 4 is 33.6 Å². The first-order chi connectivity index (χ1) is 14.4. The average Bonchev–Trinajstić information content (AvgIpc) is 2.73.